The minimum absolute atomic E-state index is 0.0557. The number of hydrogen-bond donors (Lipinski definition) is 2. The smallest absolute Gasteiger partial charge is 0.321 e. The van der Waals surface area contributed by atoms with Crippen LogP contribution < -0.4 is 4.72 Å². The Morgan fingerprint density at radius 2 is 1.67 bits per heavy atom. The van der Waals surface area contributed by atoms with Crippen molar-refractivity contribution in [1.29, 1.82) is 0 Å². The maximum absolute atomic E-state index is 12.3. The highest BCUT2D eigenvalue weighted by atomic mass is 32.2. The number of rotatable bonds is 12. The second-order valence-corrected chi connectivity index (χ2v) is 6.73. The molecule has 9 heteroatoms. The number of nitrogens with zero attached hydrogens (tertiary/aromatic N) is 1. The second-order valence-electron chi connectivity index (χ2n) is 5.03. The molecule has 0 radical (unpaired) electrons. The molecule has 0 aliphatic carbocycles. The summed E-state index contributed by atoms with van der Waals surface area (Å²) in [5.74, 6) is -1.13. The fourth-order valence-corrected chi connectivity index (χ4v) is 3.00. The molecule has 0 aromatic rings. The molecule has 0 aliphatic heterocycles. The standard InChI is InChI=1S/C12H26N2O6S/c1-10(2)9-11(12(15)16)13-21(17,18)14(5-7-19-3)6-8-20-4/h10-11,13H,5-9H2,1-4H3,(H,15,16)/t11-/m0/s1. The molecule has 0 rings (SSSR count). The van der Waals surface area contributed by atoms with Gasteiger partial charge in [-0.1, -0.05) is 13.8 Å². The molecule has 21 heavy (non-hydrogen) atoms. The molecule has 1 atom stereocenters. The van der Waals surface area contributed by atoms with Gasteiger partial charge in [-0.3, -0.25) is 4.79 Å². The van der Waals surface area contributed by atoms with Gasteiger partial charge in [0.05, 0.1) is 13.2 Å². The van der Waals surface area contributed by atoms with Gasteiger partial charge < -0.3 is 14.6 Å². The largest absolute Gasteiger partial charge is 0.480 e. The number of hydrogen-bond acceptors (Lipinski definition) is 5. The third-order valence-electron chi connectivity index (χ3n) is 2.73. The first kappa shape index (κ1) is 20.3. The first-order valence-corrected chi connectivity index (χ1v) is 8.16. The van der Waals surface area contributed by atoms with E-state index in [-0.39, 0.29) is 38.6 Å². The molecule has 0 amide bonds. The Kier molecular flexibility index (Phi) is 9.71. The molecule has 0 aliphatic rings. The molecule has 0 fully saturated rings. The Balaban J connectivity index is 4.94. The zero-order valence-electron chi connectivity index (χ0n) is 13.0. The summed E-state index contributed by atoms with van der Waals surface area (Å²) in [6.45, 7) is 4.35. The van der Waals surface area contributed by atoms with Crippen molar-refractivity contribution >= 4 is 16.2 Å². The maximum Gasteiger partial charge on any atom is 0.321 e. The molecule has 0 bridgehead atoms. The van der Waals surface area contributed by atoms with Crippen LogP contribution >= 0.6 is 0 Å². The number of carbonyl (C=O) groups is 1. The lowest BCUT2D eigenvalue weighted by molar-refractivity contribution is -0.139. The van der Waals surface area contributed by atoms with E-state index in [1.165, 1.54) is 14.2 Å². The Bertz CT molecular complexity index is 391. The van der Waals surface area contributed by atoms with Gasteiger partial charge in [-0.25, -0.2) is 0 Å². The van der Waals surface area contributed by atoms with Crippen LogP contribution in [0.15, 0.2) is 0 Å². The lowest BCUT2D eigenvalue weighted by atomic mass is 10.1. The van der Waals surface area contributed by atoms with Crippen LogP contribution in [-0.2, 0) is 24.5 Å². The van der Waals surface area contributed by atoms with Gasteiger partial charge in [0.2, 0.25) is 0 Å². The Morgan fingerprint density at radius 1 is 1.19 bits per heavy atom. The molecular weight excluding hydrogens is 300 g/mol. The minimum Gasteiger partial charge on any atom is -0.480 e. The summed E-state index contributed by atoms with van der Waals surface area (Å²) in [4.78, 5) is 11.2. The van der Waals surface area contributed by atoms with E-state index in [2.05, 4.69) is 4.72 Å². The summed E-state index contributed by atoms with van der Waals surface area (Å²) in [6, 6.07) is -1.15. The number of carboxylic acids is 1. The van der Waals surface area contributed by atoms with Crippen LogP contribution in [0.25, 0.3) is 0 Å². The first-order chi connectivity index (χ1) is 9.74. The third kappa shape index (κ3) is 8.32. The highest BCUT2D eigenvalue weighted by Gasteiger charge is 2.29. The molecule has 126 valence electrons. The van der Waals surface area contributed by atoms with Crippen molar-refractivity contribution in [2.45, 2.75) is 26.3 Å². The third-order valence-corrected chi connectivity index (χ3v) is 4.35. The van der Waals surface area contributed by atoms with Gasteiger partial charge in [-0.05, 0) is 12.3 Å². The lowest BCUT2D eigenvalue weighted by Crippen LogP contribution is -2.50. The number of ether oxygens (including phenoxy) is 2. The van der Waals surface area contributed by atoms with Gasteiger partial charge in [0.15, 0.2) is 0 Å². The van der Waals surface area contributed by atoms with E-state index in [4.69, 9.17) is 14.6 Å². The normalized spacial score (nSPS) is 13.8. The average molecular weight is 326 g/mol. The van der Waals surface area contributed by atoms with Crippen molar-refractivity contribution in [2.75, 3.05) is 40.5 Å². The van der Waals surface area contributed by atoms with Crippen molar-refractivity contribution in [3.05, 3.63) is 0 Å². The number of aliphatic carboxylic acids is 1. The number of methoxy groups -OCH3 is 2. The fourth-order valence-electron chi connectivity index (χ4n) is 1.66. The Morgan fingerprint density at radius 3 is 2.00 bits per heavy atom. The summed E-state index contributed by atoms with van der Waals surface area (Å²) >= 11 is 0. The van der Waals surface area contributed by atoms with E-state index < -0.39 is 22.2 Å². The van der Waals surface area contributed by atoms with Crippen molar-refractivity contribution in [3.8, 4) is 0 Å². The van der Waals surface area contributed by atoms with Crippen LogP contribution in [0, 0.1) is 5.92 Å². The molecule has 0 unspecified atom stereocenters. The number of nitrogens with one attached hydrogen (secondary N) is 1. The quantitative estimate of drug-likeness (QED) is 0.519. The van der Waals surface area contributed by atoms with Crippen LogP contribution in [0.2, 0.25) is 0 Å². The molecule has 0 spiro atoms. The second kappa shape index (κ2) is 10.1. The summed E-state index contributed by atoms with van der Waals surface area (Å²) in [6.07, 6.45) is 0.219. The highest BCUT2D eigenvalue weighted by molar-refractivity contribution is 7.87. The number of carboxylic acid groups (broad SMARTS) is 1. The Labute approximate surface area is 126 Å². The molecule has 0 heterocycles. The summed E-state index contributed by atoms with van der Waals surface area (Å²) in [7, 11) is -0.983. The van der Waals surface area contributed by atoms with Crippen LogP contribution in [0.4, 0.5) is 0 Å². The van der Waals surface area contributed by atoms with E-state index >= 15 is 0 Å². The molecule has 8 nitrogen and oxygen atoms in total. The van der Waals surface area contributed by atoms with E-state index in [1.807, 2.05) is 13.8 Å². The lowest BCUT2D eigenvalue weighted by Gasteiger charge is -2.24. The summed E-state index contributed by atoms with van der Waals surface area (Å²) in [5.41, 5.74) is 0. The molecule has 0 aromatic heterocycles. The minimum atomic E-state index is -3.91. The molecule has 0 aromatic carbocycles. The van der Waals surface area contributed by atoms with E-state index in [9.17, 15) is 13.2 Å². The van der Waals surface area contributed by atoms with Gasteiger partial charge in [0, 0.05) is 27.3 Å². The monoisotopic (exact) mass is 326 g/mol. The topological polar surface area (TPSA) is 105 Å². The highest BCUT2D eigenvalue weighted by Crippen LogP contribution is 2.08. The van der Waals surface area contributed by atoms with Crippen LogP contribution in [0.5, 0.6) is 0 Å². The first-order valence-electron chi connectivity index (χ1n) is 6.72. The predicted molar refractivity (Wildman–Crippen MR) is 78.3 cm³/mol. The van der Waals surface area contributed by atoms with E-state index in [0.717, 1.165) is 4.31 Å². The van der Waals surface area contributed by atoms with Gasteiger partial charge in [-0.2, -0.15) is 17.4 Å². The molecule has 0 saturated carbocycles. The van der Waals surface area contributed by atoms with Crippen molar-refractivity contribution < 1.29 is 27.8 Å². The van der Waals surface area contributed by atoms with Gasteiger partial charge >= 0.3 is 5.97 Å². The fraction of sp³-hybridized carbons (Fsp3) is 0.917. The molecular formula is C12H26N2O6S. The van der Waals surface area contributed by atoms with Crippen molar-refractivity contribution in [3.63, 3.8) is 0 Å². The van der Waals surface area contributed by atoms with E-state index in [0.29, 0.717) is 0 Å². The van der Waals surface area contributed by atoms with E-state index in [1.54, 1.807) is 0 Å². The van der Waals surface area contributed by atoms with Crippen LogP contribution in [0.3, 0.4) is 0 Å². The average Bonchev–Trinajstić information content (AvgIpc) is 2.36. The molecule has 2 N–H and O–H groups in total. The zero-order chi connectivity index (χ0) is 16.5. The van der Waals surface area contributed by atoms with Crippen molar-refractivity contribution in [1.82, 2.24) is 9.03 Å². The summed E-state index contributed by atoms with van der Waals surface area (Å²) < 4.78 is 37.7. The Hall–Kier alpha value is -0.740. The predicted octanol–water partition coefficient (Wildman–Crippen LogP) is -0.0851. The maximum atomic E-state index is 12.3. The van der Waals surface area contributed by atoms with Crippen molar-refractivity contribution in [2.24, 2.45) is 5.92 Å². The van der Waals surface area contributed by atoms with Gasteiger partial charge in [0.25, 0.3) is 10.2 Å². The van der Waals surface area contributed by atoms with Gasteiger partial charge in [0.1, 0.15) is 6.04 Å². The summed E-state index contributed by atoms with van der Waals surface area (Å²) in [5, 5.41) is 9.12. The van der Waals surface area contributed by atoms with Crippen LogP contribution in [-0.4, -0.2) is 70.4 Å². The SMILES string of the molecule is COCCN(CCOC)S(=O)(=O)N[C@@H](CC(C)C)C(=O)O. The zero-order valence-corrected chi connectivity index (χ0v) is 13.9. The van der Waals surface area contributed by atoms with Crippen LogP contribution in [0.1, 0.15) is 20.3 Å². The van der Waals surface area contributed by atoms with Gasteiger partial charge in [-0.15, -0.1) is 0 Å². The molecule has 0 saturated heterocycles.